The highest BCUT2D eigenvalue weighted by Crippen LogP contribution is 2.27. The lowest BCUT2D eigenvalue weighted by molar-refractivity contribution is -0.132. The number of aromatic nitrogens is 1. The summed E-state index contributed by atoms with van der Waals surface area (Å²) >= 11 is 6.45. The van der Waals surface area contributed by atoms with E-state index in [-0.39, 0.29) is 37.8 Å². The van der Waals surface area contributed by atoms with Gasteiger partial charge in [-0.15, -0.1) is 0 Å². The molecule has 0 aliphatic carbocycles. The number of amides is 2. The van der Waals surface area contributed by atoms with E-state index < -0.39 is 18.2 Å². The van der Waals surface area contributed by atoms with Gasteiger partial charge in [0.05, 0.1) is 48.0 Å². The third-order valence-corrected chi connectivity index (χ3v) is 7.19. The summed E-state index contributed by atoms with van der Waals surface area (Å²) in [4.78, 5) is 42.1. The van der Waals surface area contributed by atoms with Crippen molar-refractivity contribution in [2.45, 2.75) is 25.1 Å². The molecule has 0 bridgehead atoms. The molecule has 2 amide bonds. The van der Waals surface area contributed by atoms with Crippen molar-refractivity contribution in [2.75, 3.05) is 25.6 Å². The van der Waals surface area contributed by atoms with Crippen molar-refractivity contribution >= 4 is 46.0 Å². The SMILES string of the molecule is COC(=O)c1ccc(OC[C@@H]2C[C@H](F)CN2C(=O)Cc2ccc(NC(=O)c3c[nH]c4ccccc34)c(Cl)c2)cc1. The van der Waals surface area contributed by atoms with Gasteiger partial charge in [0.2, 0.25) is 5.91 Å². The van der Waals surface area contributed by atoms with Crippen LogP contribution in [0.4, 0.5) is 10.1 Å². The number of ether oxygens (including phenoxy) is 2. The lowest BCUT2D eigenvalue weighted by atomic mass is 10.1. The fourth-order valence-electron chi connectivity index (χ4n) is 4.82. The number of hydrogen-bond acceptors (Lipinski definition) is 5. The average molecular weight is 564 g/mol. The fourth-order valence-corrected chi connectivity index (χ4v) is 5.07. The van der Waals surface area contributed by atoms with Crippen LogP contribution in [0.15, 0.2) is 72.9 Å². The molecule has 40 heavy (non-hydrogen) atoms. The predicted octanol–water partition coefficient (Wildman–Crippen LogP) is 5.42. The number of nitrogens with zero attached hydrogens (tertiary/aromatic N) is 1. The molecule has 5 rings (SSSR count). The van der Waals surface area contributed by atoms with E-state index in [1.807, 2.05) is 24.3 Å². The van der Waals surface area contributed by atoms with Crippen molar-refractivity contribution in [1.29, 1.82) is 0 Å². The molecule has 0 radical (unpaired) electrons. The number of methoxy groups -OCH3 is 1. The lowest BCUT2D eigenvalue weighted by Gasteiger charge is -2.24. The molecule has 1 aliphatic rings. The Labute approximate surface area is 235 Å². The number of rotatable bonds is 8. The van der Waals surface area contributed by atoms with Crippen molar-refractivity contribution in [3.8, 4) is 5.75 Å². The molecule has 2 N–H and O–H groups in total. The maximum atomic E-state index is 14.3. The summed E-state index contributed by atoms with van der Waals surface area (Å²) in [7, 11) is 1.30. The molecular formula is C30H27ClFN3O5. The van der Waals surface area contributed by atoms with E-state index in [1.165, 1.54) is 12.0 Å². The number of carbonyl (C=O) groups excluding carboxylic acids is 3. The number of anilines is 1. The standard InChI is InChI=1S/C30H27ClFN3O5/c1-39-30(38)19-7-9-22(10-8-19)40-17-21-14-20(32)16-35(21)28(36)13-18-6-11-27(25(31)12-18)34-29(37)24-15-33-26-5-3-2-4-23(24)26/h2-12,15,20-21,33H,13-14,16-17H2,1H3,(H,34,37)/t20-,21-/m0/s1. The summed E-state index contributed by atoms with van der Waals surface area (Å²) in [6.45, 7) is 0.101. The first-order chi connectivity index (χ1) is 19.3. The Kier molecular flexibility index (Phi) is 8.02. The first kappa shape index (κ1) is 27.2. The van der Waals surface area contributed by atoms with Crippen LogP contribution in [-0.2, 0) is 16.0 Å². The van der Waals surface area contributed by atoms with Crippen LogP contribution in [0.2, 0.25) is 5.02 Å². The van der Waals surface area contributed by atoms with Gasteiger partial charge in [-0.2, -0.15) is 0 Å². The van der Waals surface area contributed by atoms with Crippen LogP contribution in [-0.4, -0.2) is 60.1 Å². The van der Waals surface area contributed by atoms with Gasteiger partial charge in [-0.1, -0.05) is 35.9 Å². The second kappa shape index (κ2) is 11.8. The van der Waals surface area contributed by atoms with Gasteiger partial charge in [-0.05, 0) is 48.0 Å². The number of halogens is 2. The summed E-state index contributed by atoms with van der Waals surface area (Å²) in [6, 6.07) is 18.4. The van der Waals surface area contributed by atoms with Crippen molar-refractivity contribution in [3.63, 3.8) is 0 Å². The highest BCUT2D eigenvalue weighted by molar-refractivity contribution is 6.34. The third kappa shape index (κ3) is 5.94. The molecule has 0 saturated carbocycles. The molecule has 0 spiro atoms. The molecule has 8 nitrogen and oxygen atoms in total. The molecule has 1 fully saturated rings. The van der Waals surface area contributed by atoms with Gasteiger partial charge >= 0.3 is 5.97 Å². The number of carbonyl (C=O) groups is 3. The summed E-state index contributed by atoms with van der Waals surface area (Å²) in [5, 5.41) is 3.91. The van der Waals surface area contributed by atoms with Gasteiger partial charge in [0, 0.05) is 23.5 Å². The minimum atomic E-state index is -1.15. The van der Waals surface area contributed by atoms with Gasteiger partial charge in [0.25, 0.3) is 5.91 Å². The summed E-state index contributed by atoms with van der Waals surface area (Å²) < 4.78 is 24.8. The number of alkyl halides is 1. The van der Waals surface area contributed by atoms with Crippen molar-refractivity contribution in [2.24, 2.45) is 0 Å². The van der Waals surface area contributed by atoms with Gasteiger partial charge in [-0.3, -0.25) is 9.59 Å². The first-order valence-corrected chi connectivity index (χ1v) is 13.1. The van der Waals surface area contributed by atoms with Crippen molar-refractivity contribution in [1.82, 2.24) is 9.88 Å². The zero-order valence-electron chi connectivity index (χ0n) is 21.7. The average Bonchev–Trinajstić information content (AvgIpc) is 3.56. The van der Waals surface area contributed by atoms with E-state index in [1.54, 1.807) is 48.7 Å². The number of fused-ring (bicyclic) bond motifs is 1. The molecule has 206 valence electrons. The number of H-pyrrole nitrogens is 1. The number of hydrogen-bond donors (Lipinski definition) is 2. The second-order valence-corrected chi connectivity index (χ2v) is 9.96. The largest absolute Gasteiger partial charge is 0.491 e. The van der Waals surface area contributed by atoms with Crippen molar-refractivity contribution < 1.29 is 28.2 Å². The number of para-hydroxylation sites is 1. The molecule has 2 atom stereocenters. The number of aromatic amines is 1. The van der Waals surface area contributed by atoms with E-state index in [0.29, 0.717) is 33.1 Å². The maximum Gasteiger partial charge on any atom is 0.337 e. The Balaban J connectivity index is 1.20. The van der Waals surface area contributed by atoms with Gasteiger partial charge in [-0.25, -0.2) is 9.18 Å². The monoisotopic (exact) mass is 563 g/mol. The first-order valence-electron chi connectivity index (χ1n) is 12.7. The van der Waals surface area contributed by atoms with Crippen LogP contribution < -0.4 is 10.1 Å². The van der Waals surface area contributed by atoms with Crippen LogP contribution in [0, 0.1) is 0 Å². The van der Waals surface area contributed by atoms with E-state index in [2.05, 4.69) is 15.0 Å². The fraction of sp³-hybridized carbons (Fsp3) is 0.233. The molecule has 10 heteroatoms. The molecule has 0 unspecified atom stereocenters. The quantitative estimate of drug-likeness (QED) is 0.279. The molecular weight excluding hydrogens is 537 g/mol. The van der Waals surface area contributed by atoms with Crippen LogP contribution in [0.1, 0.15) is 32.7 Å². The Hall–Kier alpha value is -4.37. The van der Waals surface area contributed by atoms with E-state index in [9.17, 15) is 18.8 Å². The molecule has 1 aromatic heterocycles. The van der Waals surface area contributed by atoms with Gasteiger partial charge in [0.1, 0.15) is 18.5 Å². The zero-order valence-corrected chi connectivity index (χ0v) is 22.4. The van der Waals surface area contributed by atoms with Crippen LogP contribution in [0.3, 0.4) is 0 Å². The Morgan fingerprint density at radius 3 is 2.62 bits per heavy atom. The lowest BCUT2D eigenvalue weighted by Crippen LogP contribution is -2.40. The van der Waals surface area contributed by atoms with E-state index >= 15 is 0 Å². The Morgan fingerprint density at radius 2 is 1.88 bits per heavy atom. The van der Waals surface area contributed by atoms with Crippen molar-refractivity contribution in [3.05, 3.63) is 94.6 Å². The normalized spacial score (nSPS) is 16.6. The Bertz CT molecular complexity index is 1550. The molecule has 3 aromatic carbocycles. The third-order valence-electron chi connectivity index (χ3n) is 6.87. The molecule has 2 heterocycles. The summed E-state index contributed by atoms with van der Waals surface area (Å²) in [5.41, 5.74) is 2.79. The molecule has 1 aliphatic heterocycles. The van der Waals surface area contributed by atoms with E-state index in [0.717, 1.165) is 10.9 Å². The summed E-state index contributed by atoms with van der Waals surface area (Å²) in [5.74, 6) is -0.512. The highest BCUT2D eigenvalue weighted by atomic mass is 35.5. The smallest absolute Gasteiger partial charge is 0.337 e. The minimum absolute atomic E-state index is 0.0133. The van der Waals surface area contributed by atoms with Crippen LogP contribution in [0.25, 0.3) is 10.9 Å². The number of esters is 1. The Morgan fingerprint density at radius 1 is 1.10 bits per heavy atom. The number of benzene rings is 3. The highest BCUT2D eigenvalue weighted by Gasteiger charge is 2.35. The van der Waals surface area contributed by atoms with Gasteiger partial charge < -0.3 is 24.7 Å². The maximum absolute atomic E-state index is 14.3. The topological polar surface area (TPSA) is 101 Å². The number of likely N-dealkylation sites (tertiary alicyclic amines) is 1. The predicted molar refractivity (Wildman–Crippen MR) is 150 cm³/mol. The number of nitrogens with one attached hydrogen (secondary N) is 2. The van der Waals surface area contributed by atoms with Crippen LogP contribution >= 0.6 is 11.6 Å². The van der Waals surface area contributed by atoms with E-state index in [4.69, 9.17) is 16.3 Å². The van der Waals surface area contributed by atoms with Crippen LogP contribution in [0.5, 0.6) is 5.75 Å². The van der Waals surface area contributed by atoms with Gasteiger partial charge in [0.15, 0.2) is 0 Å². The molecule has 4 aromatic rings. The zero-order chi connectivity index (χ0) is 28.2. The summed E-state index contributed by atoms with van der Waals surface area (Å²) in [6.07, 6.45) is 0.691. The second-order valence-electron chi connectivity index (χ2n) is 9.55. The molecule has 1 saturated heterocycles. The minimum Gasteiger partial charge on any atom is -0.491 e.